The van der Waals surface area contributed by atoms with Crippen LogP contribution in [0.4, 0.5) is 0 Å². The van der Waals surface area contributed by atoms with Crippen LogP contribution in [0.5, 0.6) is 0 Å². The van der Waals surface area contributed by atoms with Crippen LogP contribution in [0.25, 0.3) is 17.1 Å². The Bertz CT molecular complexity index is 1090. The number of benzene rings is 2. The zero-order valence-electron chi connectivity index (χ0n) is 15.5. The largest absolute Gasteiger partial charge is 0.424 e. The maximum atomic E-state index is 6.05. The standard InChI is InChI=1S/C20H18ClN5OS/c1-3-17-22-23-18(27-17)12-28-20-25-24-19(14-8-10-15(21)11-9-14)26(20)16-7-5-4-6-13(16)2/h4-11H,3,12H2,1-2H3. The fraction of sp³-hybridized carbons (Fsp3) is 0.200. The van der Waals surface area contributed by atoms with Crippen LogP contribution in [0.15, 0.2) is 58.1 Å². The molecule has 28 heavy (non-hydrogen) atoms. The fourth-order valence-corrected chi connectivity index (χ4v) is 3.70. The zero-order valence-corrected chi connectivity index (χ0v) is 17.0. The molecule has 2 aromatic heterocycles. The number of aryl methyl sites for hydroxylation is 2. The SMILES string of the molecule is CCc1nnc(CSc2nnc(-c3ccc(Cl)cc3)n2-c2ccccc2C)o1. The molecule has 0 amide bonds. The predicted octanol–water partition coefficient (Wildman–Crippen LogP) is 5.13. The number of nitrogens with zero attached hydrogens (tertiary/aromatic N) is 5. The minimum atomic E-state index is 0.525. The van der Waals surface area contributed by atoms with E-state index in [-0.39, 0.29) is 0 Å². The summed E-state index contributed by atoms with van der Waals surface area (Å²) >= 11 is 7.56. The number of aromatic nitrogens is 5. The smallest absolute Gasteiger partial charge is 0.226 e. The van der Waals surface area contributed by atoms with Crippen molar-refractivity contribution < 1.29 is 4.42 Å². The molecule has 0 unspecified atom stereocenters. The van der Waals surface area contributed by atoms with Crippen LogP contribution in [0.1, 0.15) is 24.3 Å². The normalized spacial score (nSPS) is 11.1. The molecule has 2 aromatic carbocycles. The van der Waals surface area contributed by atoms with Gasteiger partial charge in [0.1, 0.15) is 0 Å². The molecule has 0 radical (unpaired) electrons. The van der Waals surface area contributed by atoms with Gasteiger partial charge in [-0.1, -0.05) is 48.5 Å². The Kier molecular flexibility index (Phi) is 5.45. The van der Waals surface area contributed by atoms with E-state index in [0.717, 1.165) is 34.2 Å². The second-order valence-corrected chi connectivity index (χ2v) is 7.55. The van der Waals surface area contributed by atoms with Gasteiger partial charge in [-0.15, -0.1) is 20.4 Å². The number of rotatable bonds is 6. The molecule has 2 heterocycles. The average Bonchev–Trinajstić information content (AvgIpc) is 3.34. The van der Waals surface area contributed by atoms with E-state index in [9.17, 15) is 0 Å². The molecule has 0 aliphatic rings. The first-order valence-electron chi connectivity index (χ1n) is 8.87. The Morgan fingerprint density at radius 2 is 1.71 bits per heavy atom. The van der Waals surface area contributed by atoms with Crippen LogP contribution in [0, 0.1) is 6.92 Å². The van der Waals surface area contributed by atoms with Crippen molar-refractivity contribution in [2.24, 2.45) is 0 Å². The molecule has 6 nitrogen and oxygen atoms in total. The molecule has 0 aliphatic heterocycles. The molecule has 0 saturated heterocycles. The topological polar surface area (TPSA) is 69.6 Å². The van der Waals surface area contributed by atoms with Gasteiger partial charge in [0, 0.05) is 17.0 Å². The van der Waals surface area contributed by atoms with Gasteiger partial charge in [0.2, 0.25) is 11.8 Å². The first-order valence-corrected chi connectivity index (χ1v) is 10.2. The maximum absolute atomic E-state index is 6.05. The predicted molar refractivity (Wildman–Crippen MR) is 110 cm³/mol. The number of para-hydroxylation sites is 1. The van der Waals surface area contributed by atoms with Crippen molar-refractivity contribution in [2.75, 3.05) is 0 Å². The van der Waals surface area contributed by atoms with Gasteiger partial charge in [-0.3, -0.25) is 4.57 Å². The van der Waals surface area contributed by atoms with E-state index in [2.05, 4.69) is 44.0 Å². The van der Waals surface area contributed by atoms with Crippen LogP contribution >= 0.6 is 23.4 Å². The van der Waals surface area contributed by atoms with Crippen LogP contribution in [-0.2, 0) is 12.2 Å². The molecule has 0 aliphatic carbocycles. The molecule has 0 spiro atoms. The quantitative estimate of drug-likeness (QED) is 0.409. The molecule has 0 atom stereocenters. The highest BCUT2D eigenvalue weighted by atomic mass is 35.5. The summed E-state index contributed by atoms with van der Waals surface area (Å²) in [5, 5.41) is 18.4. The Morgan fingerprint density at radius 1 is 0.964 bits per heavy atom. The van der Waals surface area contributed by atoms with E-state index >= 15 is 0 Å². The average molecular weight is 412 g/mol. The molecular weight excluding hydrogens is 394 g/mol. The van der Waals surface area contributed by atoms with Crippen molar-refractivity contribution in [1.82, 2.24) is 25.0 Å². The third-order valence-electron chi connectivity index (χ3n) is 4.23. The Balaban J connectivity index is 1.73. The molecule has 0 saturated carbocycles. The monoisotopic (exact) mass is 411 g/mol. The highest BCUT2D eigenvalue weighted by Gasteiger charge is 2.18. The molecule has 8 heteroatoms. The number of halogens is 1. The van der Waals surface area contributed by atoms with E-state index in [1.54, 1.807) is 0 Å². The third-order valence-corrected chi connectivity index (χ3v) is 5.39. The molecule has 0 N–H and O–H groups in total. The summed E-state index contributed by atoms with van der Waals surface area (Å²) in [5.74, 6) is 2.50. The second kappa shape index (κ2) is 8.16. The van der Waals surface area contributed by atoms with Gasteiger partial charge in [0.05, 0.1) is 11.4 Å². The van der Waals surface area contributed by atoms with Gasteiger partial charge in [0.15, 0.2) is 11.0 Å². The summed E-state index contributed by atoms with van der Waals surface area (Å²) in [6, 6.07) is 15.8. The molecule has 4 rings (SSSR count). The summed E-state index contributed by atoms with van der Waals surface area (Å²) in [6.45, 7) is 4.05. The summed E-state index contributed by atoms with van der Waals surface area (Å²) in [6.07, 6.45) is 0.720. The zero-order chi connectivity index (χ0) is 19.5. The van der Waals surface area contributed by atoms with E-state index in [4.69, 9.17) is 16.0 Å². The van der Waals surface area contributed by atoms with Gasteiger partial charge < -0.3 is 4.42 Å². The Labute approximate surface area is 172 Å². The molecule has 4 aromatic rings. The highest BCUT2D eigenvalue weighted by molar-refractivity contribution is 7.98. The van der Waals surface area contributed by atoms with Crippen molar-refractivity contribution in [3.8, 4) is 17.1 Å². The van der Waals surface area contributed by atoms with Gasteiger partial charge in [-0.25, -0.2) is 0 Å². The molecule has 142 valence electrons. The maximum Gasteiger partial charge on any atom is 0.226 e. The van der Waals surface area contributed by atoms with Crippen LogP contribution < -0.4 is 0 Å². The Hall–Kier alpha value is -2.64. The van der Waals surface area contributed by atoms with Crippen LogP contribution in [0.3, 0.4) is 0 Å². The third kappa shape index (κ3) is 3.81. The van der Waals surface area contributed by atoms with E-state index in [1.165, 1.54) is 11.8 Å². The van der Waals surface area contributed by atoms with Crippen LogP contribution in [-0.4, -0.2) is 25.0 Å². The van der Waals surface area contributed by atoms with Gasteiger partial charge in [0.25, 0.3) is 0 Å². The minimum Gasteiger partial charge on any atom is -0.424 e. The Morgan fingerprint density at radius 3 is 2.43 bits per heavy atom. The lowest BCUT2D eigenvalue weighted by Crippen LogP contribution is -2.02. The number of hydrogen-bond donors (Lipinski definition) is 0. The lowest BCUT2D eigenvalue weighted by atomic mass is 10.1. The van der Waals surface area contributed by atoms with E-state index in [0.29, 0.717) is 22.6 Å². The molecule has 0 bridgehead atoms. The summed E-state index contributed by atoms with van der Waals surface area (Å²) in [5.41, 5.74) is 3.10. The van der Waals surface area contributed by atoms with E-state index in [1.807, 2.05) is 43.3 Å². The summed E-state index contributed by atoms with van der Waals surface area (Å²) in [7, 11) is 0. The highest BCUT2D eigenvalue weighted by Crippen LogP contribution is 2.31. The molecule has 0 fully saturated rings. The van der Waals surface area contributed by atoms with Crippen molar-refractivity contribution in [2.45, 2.75) is 31.2 Å². The minimum absolute atomic E-state index is 0.525. The van der Waals surface area contributed by atoms with Crippen molar-refractivity contribution in [1.29, 1.82) is 0 Å². The lowest BCUT2D eigenvalue weighted by molar-refractivity contribution is 0.470. The van der Waals surface area contributed by atoms with Crippen molar-refractivity contribution >= 4 is 23.4 Å². The van der Waals surface area contributed by atoms with Crippen molar-refractivity contribution in [3.05, 3.63) is 70.9 Å². The van der Waals surface area contributed by atoms with Crippen LogP contribution in [0.2, 0.25) is 5.02 Å². The number of thioether (sulfide) groups is 1. The first-order chi connectivity index (χ1) is 13.7. The fourth-order valence-electron chi connectivity index (χ4n) is 2.80. The van der Waals surface area contributed by atoms with Gasteiger partial charge in [-0.2, -0.15) is 0 Å². The molecular formula is C20H18ClN5OS. The van der Waals surface area contributed by atoms with Crippen molar-refractivity contribution in [3.63, 3.8) is 0 Å². The van der Waals surface area contributed by atoms with Gasteiger partial charge in [-0.05, 0) is 42.8 Å². The number of hydrogen-bond acceptors (Lipinski definition) is 6. The summed E-state index contributed by atoms with van der Waals surface area (Å²) in [4.78, 5) is 0. The lowest BCUT2D eigenvalue weighted by Gasteiger charge is -2.12. The summed E-state index contributed by atoms with van der Waals surface area (Å²) < 4.78 is 7.67. The van der Waals surface area contributed by atoms with Gasteiger partial charge >= 0.3 is 0 Å². The van der Waals surface area contributed by atoms with E-state index < -0.39 is 0 Å². The first kappa shape index (κ1) is 18.7. The second-order valence-electron chi connectivity index (χ2n) is 6.17.